The molecule has 0 N–H and O–H groups in total. The summed E-state index contributed by atoms with van der Waals surface area (Å²) in [5, 5.41) is 8.91. The van der Waals surface area contributed by atoms with Crippen molar-refractivity contribution in [1.29, 1.82) is 5.26 Å². The van der Waals surface area contributed by atoms with E-state index in [0.29, 0.717) is 16.8 Å². The van der Waals surface area contributed by atoms with E-state index in [0.717, 1.165) is 10.0 Å². The summed E-state index contributed by atoms with van der Waals surface area (Å²) >= 11 is 3.42. The molecule has 0 atom stereocenters. The van der Waals surface area contributed by atoms with Crippen LogP contribution in [-0.2, 0) is 0 Å². The molecule has 0 bridgehead atoms. The van der Waals surface area contributed by atoms with E-state index in [2.05, 4.69) is 22.0 Å². The van der Waals surface area contributed by atoms with Gasteiger partial charge in [0.15, 0.2) is 0 Å². The molecule has 100 valence electrons. The minimum Gasteiger partial charge on any atom is -0.311 e. The van der Waals surface area contributed by atoms with Gasteiger partial charge in [0.05, 0.1) is 11.6 Å². The van der Waals surface area contributed by atoms with Crippen LogP contribution in [0.2, 0.25) is 0 Å². The van der Waals surface area contributed by atoms with E-state index in [1.165, 1.54) is 0 Å². The molecule has 2 rings (SSSR count). The molecule has 20 heavy (non-hydrogen) atoms. The summed E-state index contributed by atoms with van der Waals surface area (Å²) in [6, 6.07) is 14.6. The maximum absolute atomic E-state index is 12.4. The Morgan fingerprint density at radius 3 is 2.65 bits per heavy atom. The van der Waals surface area contributed by atoms with Gasteiger partial charge < -0.3 is 4.90 Å². The lowest BCUT2D eigenvalue weighted by molar-refractivity contribution is 0.0993. The number of hydrogen-bond acceptors (Lipinski definition) is 2. The van der Waals surface area contributed by atoms with Crippen molar-refractivity contribution in [3.63, 3.8) is 0 Å². The molecule has 0 saturated carbocycles. The highest BCUT2D eigenvalue weighted by Crippen LogP contribution is 2.21. The van der Waals surface area contributed by atoms with Crippen LogP contribution < -0.4 is 4.90 Å². The van der Waals surface area contributed by atoms with Crippen molar-refractivity contribution >= 4 is 27.5 Å². The lowest BCUT2D eigenvalue weighted by atomic mass is 10.1. The molecule has 0 spiro atoms. The van der Waals surface area contributed by atoms with Gasteiger partial charge in [-0.1, -0.05) is 22.0 Å². The zero-order valence-electron chi connectivity index (χ0n) is 11.2. The average molecular weight is 329 g/mol. The lowest BCUT2D eigenvalue weighted by Crippen LogP contribution is -2.26. The number of anilines is 1. The standard InChI is InChI=1S/C16H13BrN2O/c1-11-8-13(6-7-15(11)17)16(20)19(2)14-5-3-4-12(9-14)10-18/h3-9H,1-2H3. The zero-order valence-corrected chi connectivity index (χ0v) is 12.8. The number of halogens is 1. The fourth-order valence-electron chi connectivity index (χ4n) is 1.87. The second-order valence-electron chi connectivity index (χ2n) is 4.49. The first-order valence-electron chi connectivity index (χ1n) is 6.07. The third-order valence-electron chi connectivity index (χ3n) is 3.07. The molecule has 4 heteroatoms. The third-order valence-corrected chi connectivity index (χ3v) is 3.96. The summed E-state index contributed by atoms with van der Waals surface area (Å²) in [6.45, 7) is 1.94. The first-order chi connectivity index (χ1) is 9.52. The molecule has 3 nitrogen and oxygen atoms in total. The van der Waals surface area contributed by atoms with Gasteiger partial charge in [0.1, 0.15) is 0 Å². The normalized spacial score (nSPS) is 9.90. The van der Waals surface area contributed by atoms with E-state index in [4.69, 9.17) is 5.26 Å². The first kappa shape index (κ1) is 14.3. The van der Waals surface area contributed by atoms with E-state index in [9.17, 15) is 4.79 Å². The molecule has 0 aliphatic heterocycles. The number of carbonyl (C=O) groups excluding carboxylic acids is 1. The fraction of sp³-hybridized carbons (Fsp3) is 0.125. The van der Waals surface area contributed by atoms with Crippen molar-refractivity contribution in [2.24, 2.45) is 0 Å². The van der Waals surface area contributed by atoms with Crippen LogP contribution in [0, 0.1) is 18.3 Å². The van der Waals surface area contributed by atoms with E-state index >= 15 is 0 Å². The monoisotopic (exact) mass is 328 g/mol. The molecular weight excluding hydrogens is 316 g/mol. The number of carbonyl (C=O) groups is 1. The van der Waals surface area contributed by atoms with Crippen LogP contribution in [0.5, 0.6) is 0 Å². The Hall–Kier alpha value is -2.12. The second-order valence-corrected chi connectivity index (χ2v) is 5.34. The largest absolute Gasteiger partial charge is 0.311 e. The predicted molar refractivity (Wildman–Crippen MR) is 82.8 cm³/mol. The number of aryl methyl sites for hydroxylation is 1. The minimum atomic E-state index is -0.101. The smallest absolute Gasteiger partial charge is 0.258 e. The van der Waals surface area contributed by atoms with Crippen molar-refractivity contribution in [2.75, 3.05) is 11.9 Å². The number of benzene rings is 2. The molecule has 0 heterocycles. The van der Waals surface area contributed by atoms with E-state index < -0.39 is 0 Å². The van der Waals surface area contributed by atoms with Crippen molar-refractivity contribution < 1.29 is 4.79 Å². The van der Waals surface area contributed by atoms with Crippen LogP contribution in [-0.4, -0.2) is 13.0 Å². The molecular formula is C16H13BrN2O. The Balaban J connectivity index is 2.32. The maximum atomic E-state index is 12.4. The van der Waals surface area contributed by atoms with Crippen LogP contribution in [0.15, 0.2) is 46.9 Å². The first-order valence-corrected chi connectivity index (χ1v) is 6.86. The van der Waals surface area contributed by atoms with Crippen LogP contribution in [0.3, 0.4) is 0 Å². The summed E-state index contributed by atoms with van der Waals surface area (Å²) in [5.41, 5.74) is 2.87. The number of hydrogen-bond donors (Lipinski definition) is 0. The number of nitriles is 1. The van der Waals surface area contributed by atoms with Crippen molar-refractivity contribution in [1.82, 2.24) is 0 Å². The predicted octanol–water partition coefficient (Wildman–Crippen LogP) is 3.91. The average Bonchev–Trinajstić information content (AvgIpc) is 2.48. The van der Waals surface area contributed by atoms with Crippen molar-refractivity contribution in [3.05, 3.63) is 63.6 Å². The summed E-state index contributed by atoms with van der Waals surface area (Å²) in [6.07, 6.45) is 0. The SMILES string of the molecule is Cc1cc(C(=O)N(C)c2cccc(C#N)c2)ccc1Br. The molecule has 0 fully saturated rings. The van der Waals surface area contributed by atoms with Gasteiger partial charge in [-0.3, -0.25) is 4.79 Å². The molecule has 0 aliphatic carbocycles. The third kappa shape index (κ3) is 2.89. The van der Waals surface area contributed by atoms with Gasteiger partial charge in [0.25, 0.3) is 5.91 Å². The van der Waals surface area contributed by atoms with Gasteiger partial charge in [-0.25, -0.2) is 0 Å². The second kappa shape index (κ2) is 5.89. The van der Waals surface area contributed by atoms with Gasteiger partial charge in [0, 0.05) is 22.8 Å². The summed E-state index contributed by atoms with van der Waals surface area (Å²) in [4.78, 5) is 14.0. The molecule has 0 saturated heterocycles. The Labute approximate surface area is 126 Å². The summed E-state index contributed by atoms with van der Waals surface area (Å²) in [7, 11) is 1.70. The van der Waals surface area contributed by atoms with Gasteiger partial charge in [0.2, 0.25) is 0 Å². The highest BCUT2D eigenvalue weighted by molar-refractivity contribution is 9.10. The topological polar surface area (TPSA) is 44.1 Å². The minimum absolute atomic E-state index is 0.101. The molecule has 0 radical (unpaired) electrons. The molecule has 2 aromatic rings. The zero-order chi connectivity index (χ0) is 14.7. The van der Waals surface area contributed by atoms with Gasteiger partial charge >= 0.3 is 0 Å². The Morgan fingerprint density at radius 2 is 2.00 bits per heavy atom. The van der Waals surface area contributed by atoms with Crippen LogP contribution >= 0.6 is 15.9 Å². The Bertz CT molecular complexity index is 704. The van der Waals surface area contributed by atoms with Crippen LogP contribution in [0.4, 0.5) is 5.69 Å². The van der Waals surface area contributed by atoms with Gasteiger partial charge in [-0.15, -0.1) is 0 Å². The van der Waals surface area contributed by atoms with E-state index in [-0.39, 0.29) is 5.91 Å². The van der Waals surface area contributed by atoms with E-state index in [1.54, 1.807) is 36.2 Å². The van der Waals surface area contributed by atoms with E-state index in [1.807, 2.05) is 25.1 Å². The number of nitrogens with zero attached hydrogens (tertiary/aromatic N) is 2. The summed E-state index contributed by atoms with van der Waals surface area (Å²) in [5.74, 6) is -0.101. The number of rotatable bonds is 2. The van der Waals surface area contributed by atoms with Crippen molar-refractivity contribution in [2.45, 2.75) is 6.92 Å². The molecule has 0 unspecified atom stereocenters. The molecule has 0 aliphatic rings. The fourth-order valence-corrected chi connectivity index (χ4v) is 2.12. The Morgan fingerprint density at radius 1 is 1.25 bits per heavy atom. The number of amides is 1. The van der Waals surface area contributed by atoms with Crippen molar-refractivity contribution in [3.8, 4) is 6.07 Å². The molecule has 2 aromatic carbocycles. The lowest BCUT2D eigenvalue weighted by Gasteiger charge is -2.18. The summed E-state index contributed by atoms with van der Waals surface area (Å²) < 4.78 is 0.975. The van der Waals surface area contributed by atoms with Crippen LogP contribution in [0.25, 0.3) is 0 Å². The van der Waals surface area contributed by atoms with Gasteiger partial charge in [-0.05, 0) is 48.9 Å². The molecule has 1 amide bonds. The van der Waals surface area contributed by atoms with Crippen LogP contribution in [0.1, 0.15) is 21.5 Å². The van der Waals surface area contributed by atoms with Gasteiger partial charge in [-0.2, -0.15) is 5.26 Å². The highest BCUT2D eigenvalue weighted by atomic mass is 79.9. The highest BCUT2D eigenvalue weighted by Gasteiger charge is 2.14. The maximum Gasteiger partial charge on any atom is 0.258 e. The Kier molecular flexibility index (Phi) is 4.21. The quantitative estimate of drug-likeness (QED) is 0.838. The molecule has 0 aromatic heterocycles.